The number of unbranched alkanes of at least 4 members (excludes halogenated alkanes) is 3. The van der Waals surface area contributed by atoms with Crippen molar-refractivity contribution >= 4 is 13.3 Å². The quantitative estimate of drug-likeness (QED) is 0.138. The number of ether oxygens (including phenoxy) is 1. The Morgan fingerprint density at radius 1 is 0.800 bits per heavy atom. The number of halogens is 5. The lowest BCUT2D eigenvalue weighted by molar-refractivity contribution is -0.276. The molecule has 4 rings (SSSR count). The van der Waals surface area contributed by atoms with E-state index in [1.807, 2.05) is 0 Å². The molecule has 1 nitrogen and oxygen atoms in total. The molecular weight excluding hydrogens is 535 g/mol. The Bertz CT molecular complexity index is 1020. The summed E-state index contributed by atoms with van der Waals surface area (Å²) in [5, 5.41) is 1.68. The van der Waals surface area contributed by atoms with E-state index in [9.17, 15) is 22.0 Å². The van der Waals surface area contributed by atoms with Crippen LogP contribution in [0.4, 0.5) is 22.0 Å². The predicted octanol–water partition coefficient (Wildman–Crippen LogP) is 10.3. The van der Waals surface area contributed by atoms with E-state index in [1.165, 1.54) is 75.9 Å². The number of hydrogen-bond donors (Lipinski definition) is 0. The van der Waals surface area contributed by atoms with Crippen molar-refractivity contribution in [1.29, 1.82) is 0 Å². The molecule has 1 aliphatic heterocycles. The van der Waals surface area contributed by atoms with Crippen LogP contribution in [0, 0.1) is 29.4 Å². The van der Waals surface area contributed by atoms with Crippen LogP contribution in [0.15, 0.2) is 42.5 Å². The van der Waals surface area contributed by atoms with Crippen molar-refractivity contribution in [1.82, 2.24) is 0 Å². The Balaban J connectivity index is 1.18. The van der Waals surface area contributed by atoms with Crippen molar-refractivity contribution in [2.75, 3.05) is 0 Å². The van der Waals surface area contributed by atoms with Gasteiger partial charge in [-0.1, -0.05) is 118 Å². The van der Waals surface area contributed by atoms with Gasteiger partial charge in [0, 0.05) is 0 Å². The molecule has 1 heterocycles. The first kappa shape index (κ1) is 31.1. The highest BCUT2D eigenvalue weighted by molar-refractivity contribution is 6.92. The molecule has 2 aromatic carbocycles. The number of benzene rings is 2. The van der Waals surface area contributed by atoms with Crippen LogP contribution in [0.5, 0.6) is 5.75 Å². The van der Waals surface area contributed by atoms with Crippen LogP contribution in [-0.2, 0) is 6.42 Å². The summed E-state index contributed by atoms with van der Waals surface area (Å²) in [6, 6.07) is 17.7. The Hall–Kier alpha value is -1.89. The van der Waals surface area contributed by atoms with Gasteiger partial charge in [0.1, 0.15) is 0 Å². The van der Waals surface area contributed by atoms with E-state index in [2.05, 4.69) is 42.0 Å². The summed E-state index contributed by atoms with van der Waals surface area (Å²) in [4.78, 5) is 0. The summed E-state index contributed by atoms with van der Waals surface area (Å²) >= 11 is 0. The van der Waals surface area contributed by atoms with Crippen LogP contribution in [-0.4, -0.2) is 14.4 Å². The van der Waals surface area contributed by atoms with E-state index in [-0.39, 0.29) is 0 Å². The first-order valence-corrected chi connectivity index (χ1v) is 18.1. The lowest BCUT2D eigenvalue weighted by Gasteiger charge is -2.43. The largest absolute Gasteiger partial charge is 0.573 e. The third-order valence-corrected chi connectivity index (χ3v) is 15.2. The summed E-state index contributed by atoms with van der Waals surface area (Å²) < 4.78 is 68.5. The summed E-state index contributed by atoms with van der Waals surface area (Å²) in [6.07, 6.45) is 10.2. The van der Waals surface area contributed by atoms with Crippen LogP contribution >= 0.6 is 0 Å². The van der Waals surface area contributed by atoms with Gasteiger partial charge in [0.2, 0.25) is 5.75 Å². The monoisotopic (exact) mass is 580 g/mol. The summed E-state index contributed by atoms with van der Waals surface area (Å²) in [5.41, 5.74) is 0.371. The predicted molar refractivity (Wildman–Crippen MR) is 155 cm³/mol. The lowest BCUT2D eigenvalue weighted by Crippen LogP contribution is -2.50. The summed E-state index contributed by atoms with van der Waals surface area (Å²) in [5.74, 6) is -1.54. The number of alkyl halides is 3. The lowest BCUT2D eigenvalue weighted by atomic mass is 9.73. The van der Waals surface area contributed by atoms with Gasteiger partial charge in [0.15, 0.2) is 11.6 Å². The number of rotatable bonds is 12. The molecule has 0 radical (unpaired) electrons. The minimum atomic E-state index is -5.12. The van der Waals surface area contributed by atoms with Crippen molar-refractivity contribution < 1.29 is 26.7 Å². The molecule has 0 aromatic heterocycles. The van der Waals surface area contributed by atoms with Crippen molar-refractivity contribution in [2.45, 2.75) is 115 Å². The highest BCUT2D eigenvalue weighted by Crippen LogP contribution is 2.45. The maximum absolute atomic E-state index is 14.0. The molecule has 0 bridgehead atoms. The third kappa shape index (κ3) is 8.56. The van der Waals surface area contributed by atoms with Gasteiger partial charge in [-0.25, -0.2) is 8.78 Å². The van der Waals surface area contributed by atoms with Gasteiger partial charge in [-0.2, -0.15) is 0 Å². The molecule has 1 saturated heterocycles. The second-order valence-electron chi connectivity index (χ2n) is 12.4. The van der Waals surface area contributed by atoms with Crippen molar-refractivity contribution in [3.63, 3.8) is 0 Å². The molecule has 222 valence electrons. The molecule has 0 unspecified atom stereocenters. The van der Waals surface area contributed by atoms with E-state index < -0.39 is 31.8 Å². The fourth-order valence-corrected chi connectivity index (χ4v) is 12.8. The van der Waals surface area contributed by atoms with Gasteiger partial charge in [0.25, 0.3) is 0 Å². The topological polar surface area (TPSA) is 9.23 Å². The van der Waals surface area contributed by atoms with Gasteiger partial charge >= 0.3 is 6.36 Å². The Kier molecular flexibility index (Phi) is 11.1. The Morgan fingerprint density at radius 2 is 1.43 bits per heavy atom. The van der Waals surface area contributed by atoms with E-state index >= 15 is 0 Å². The van der Waals surface area contributed by atoms with Gasteiger partial charge in [-0.3, -0.25) is 0 Å². The average Bonchev–Trinajstić information content (AvgIpc) is 2.94. The molecule has 2 fully saturated rings. The Morgan fingerprint density at radius 3 is 2.02 bits per heavy atom. The molecule has 0 amide bonds. The van der Waals surface area contributed by atoms with Gasteiger partial charge in [-0.15, -0.1) is 13.2 Å². The maximum Gasteiger partial charge on any atom is 0.573 e. The van der Waals surface area contributed by atoms with Crippen LogP contribution in [0.1, 0.15) is 89.5 Å². The van der Waals surface area contributed by atoms with Gasteiger partial charge in [-0.05, 0) is 61.1 Å². The molecule has 0 atom stereocenters. The zero-order valence-corrected chi connectivity index (χ0v) is 24.9. The standard InChI is InChI=1S/C33H45F5OSi/c1-2-3-9-20-40(29-12-5-4-6-13-29)21-18-28(19-22-40)27-16-14-25(15-17-27)10-7-8-11-26-23-30(34)32(31(35)24-26)39-33(36,37)38/h4-6,12-13,23-25,27-28H,2-3,7-11,14-22H2,1H3/t25-,27-,28?,40?. The van der Waals surface area contributed by atoms with E-state index in [0.717, 1.165) is 43.2 Å². The zero-order chi connectivity index (χ0) is 28.6. The zero-order valence-electron chi connectivity index (χ0n) is 23.9. The summed E-state index contributed by atoms with van der Waals surface area (Å²) in [6.45, 7) is 2.30. The minimum absolute atomic E-state index is 0.371. The fraction of sp³-hybridized carbons (Fsp3) is 0.636. The van der Waals surface area contributed by atoms with Gasteiger partial charge < -0.3 is 4.74 Å². The first-order valence-electron chi connectivity index (χ1n) is 15.5. The second-order valence-corrected chi connectivity index (χ2v) is 17.0. The van der Waals surface area contributed by atoms with E-state index in [0.29, 0.717) is 17.9 Å². The van der Waals surface area contributed by atoms with E-state index in [4.69, 9.17) is 0 Å². The second kappa shape index (κ2) is 14.3. The molecule has 7 heteroatoms. The van der Waals surface area contributed by atoms with Crippen LogP contribution < -0.4 is 9.92 Å². The van der Waals surface area contributed by atoms with Gasteiger partial charge in [0.05, 0.1) is 8.07 Å². The molecule has 1 saturated carbocycles. The van der Waals surface area contributed by atoms with Crippen LogP contribution in [0.3, 0.4) is 0 Å². The van der Waals surface area contributed by atoms with Crippen molar-refractivity contribution in [3.05, 3.63) is 59.7 Å². The average molecular weight is 581 g/mol. The molecular formula is C33H45F5OSi. The molecule has 40 heavy (non-hydrogen) atoms. The minimum Gasteiger partial charge on any atom is -0.399 e. The molecule has 2 aliphatic rings. The molecule has 0 spiro atoms. The third-order valence-electron chi connectivity index (χ3n) is 9.79. The van der Waals surface area contributed by atoms with Crippen LogP contribution in [0.2, 0.25) is 18.1 Å². The number of hydrogen-bond acceptors (Lipinski definition) is 1. The molecule has 0 N–H and O–H groups in total. The van der Waals surface area contributed by atoms with Crippen molar-refractivity contribution in [2.24, 2.45) is 17.8 Å². The summed E-state index contributed by atoms with van der Waals surface area (Å²) in [7, 11) is -1.39. The molecule has 1 aliphatic carbocycles. The normalized spacial score (nSPS) is 25.6. The van der Waals surface area contributed by atoms with Crippen molar-refractivity contribution in [3.8, 4) is 5.75 Å². The molecule has 2 aromatic rings. The maximum atomic E-state index is 14.0. The smallest absolute Gasteiger partial charge is 0.399 e. The Labute approximate surface area is 237 Å². The van der Waals surface area contributed by atoms with Crippen LogP contribution in [0.25, 0.3) is 0 Å². The fourth-order valence-electron chi connectivity index (χ4n) is 7.53. The number of aryl methyl sites for hydroxylation is 1. The van der Waals surface area contributed by atoms with E-state index in [1.54, 1.807) is 5.19 Å². The highest BCUT2D eigenvalue weighted by Gasteiger charge is 2.40. The first-order chi connectivity index (χ1) is 19.2. The SMILES string of the molecule is CCCCC[Si]1(c2ccccc2)CCC([C@H]2CC[C@H](CCCCc3cc(F)c(OC(F)(F)F)c(F)c3)CC2)CC1. The highest BCUT2D eigenvalue weighted by atomic mass is 28.3.